The molecule has 9 heteroatoms. The van der Waals surface area contributed by atoms with Gasteiger partial charge in [0.05, 0.1) is 12.8 Å². The largest absolute Gasteiger partial charge is 0.428 e. The lowest BCUT2D eigenvalue weighted by Gasteiger charge is -2.39. The summed E-state index contributed by atoms with van der Waals surface area (Å²) in [4.78, 5) is 14.9. The average Bonchev–Trinajstić information content (AvgIpc) is 2.88. The number of carbonyl (C=O) groups excluding carboxylic acids is 1. The second-order valence-corrected chi connectivity index (χ2v) is 5.41. The fraction of sp³-hybridized carbons (Fsp3) is 0.636. The molecule has 20 heavy (non-hydrogen) atoms. The summed E-state index contributed by atoms with van der Waals surface area (Å²) in [6, 6.07) is 0. The Hall–Kier alpha value is -0.970. The minimum absolute atomic E-state index is 0.0668. The quantitative estimate of drug-likeness (QED) is 0.504. The van der Waals surface area contributed by atoms with Crippen LogP contribution in [0.3, 0.4) is 0 Å². The van der Waals surface area contributed by atoms with E-state index in [9.17, 15) is 20.1 Å². The van der Waals surface area contributed by atoms with E-state index >= 15 is 0 Å². The molecule has 0 spiro atoms. The van der Waals surface area contributed by atoms with E-state index in [1.54, 1.807) is 0 Å². The van der Waals surface area contributed by atoms with Crippen molar-refractivity contribution in [1.29, 1.82) is 0 Å². The van der Waals surface area contributed by atoms with E-state index in [2.05, 4.69) is 4.98 Å². The van der Waals surface area contributed by atoms with Gasteiger partial charge in [-0.3, -0.25) is 4.79 Å². The number of thioether (sulfide) groups is 1. The predicted octanol–water partition coefficient (Wildman–Crippen LogP) is -1.23. The molecule has 5 atom stereocenters. The van der Waals surface area contributed by atoms with Gasteiger partial charge in [0, 0.05) is 6.92 Å². The van der Waals surface area contributed by atoms with Crippen molar-refractivity contribution in [2.24, 2.45) is 0 Å². The monoisotopic (exact) mass is 305 g/mol. The first-order valence-corrected chi connectivity index (χ1v) is 6.76. The number of aromatic nitrogens is 1. The van der Waals surface area contributed by atoms with E-state index in [0.29, 0.717) is 0 Å². The van der Waals surface area contributed by atoms with Crippen LogP contribution in [0.2, 0.25) is 0 Å². The van der Waals surface area contributed by atoms with Gasteiger partial charge in [-0.15, -0.1) is 0 Å². The third-order valence-corrected chi connectivity index (χ3v) is 3.91. The van der Waals surface area contributed by atoms with E-state index < -0.39 is 36.5 Å². The number of Topliss-reactive ketones (excluding diaryl/α,β-unsaturated/α-hetero) is 1. The summed E-state index contributed by atoms with van der Waals surface area (Å²) in [5, 5.41) is 38.2. The van der Waals surface area contributed by atoms with Crippen molar-refractivity contribution >= 4 is 17.5 Å². The molecule has 1 aliphatic rings. The van der Waals surface area contributed by atoms with Crippen molar-refractivity contribution in [1.82, 2.24) is 4.98 Å². The van der Waals surface area contributed by atoms with Crippen LogP contribution in [-0.4, -0.2) is 67.7 Å². The second-order valence-electron chi connectivity index (χ2n) is 4.36. The number of hydrogen-bond donors (Lipinski definition) is 4. The Balaban J connectivity index is 2.08. The maximum atomic E-state index is 11.1. The van der Waals surface area contributed by atoms with Crippen molar-refractivity contribution in [2.45, 2.75) is 42.0 Å². The number of hydrogen-bond acceptors (Lipinski definition) is 9. The van der Waals surface area contributed by atoms with Crippen molar-refractivity contribution in [3.63, 3.8) is 0 Å². The minimum Gasteiger partial charge on any atom is -0.428 e. The average molecular weight is 305 g/mol. The van der Waals surface area contributed by atoms with Gasteiger partial charge in [-0.25, -0.2) is 4.98 Å². The molecule has 0 saturated carbocycles. The molecule has 0 bridgehead atoms. The Morgan fingerprint density at radius 2 is 2.05 bits per heavy atom. The zero-order valence-electron chi connectivity index (χ0n) is 10.5. The van der Waals surface area contributed by atoms with E-state index in [0.717, 1.165) is 11.8 Å². The van der Waals surface area contributed by atoms with Crippen LogP contribution in [0.15, 0.2) is 15.8 Å². The van der Waals surface area contributed by atoms with Crippen molar-refractivity contribution < 1.29 is 34.4 Å². The Labute approximate surface area is 118 Å². The molecule has 1 saturated heterocycles. The Kier molecular flexibility index (Phi) is 4.78. The van der Waals surface area contributed by atoms with E-state index in [1.807, 2.05) is 0 Å². The Bertz CT molecular complexity index is 477. The van der Waals surface area contributed by atoms with Crippen LogP contribution >= 0.6 is 11.8 Å². The Morgan fingerprint density at radius 3 is 2.60 bits per heavy atom. The van der Waals surface area contributed by atoms with Gasteiger partial charge in [-0.1, -0.05) is 0 Å². The van der Waals surface area contributed by atoms with E-state index in [-0.39, 0.29) is 16.8 Å². The number of oxazole rings is 1. The van der Waals surface area contributed by atoms with Gasteiger partial charge < -0.3 is 29.6 Å². The van der Waals surface area contributed by atoms with Crippen LogP contribution in [0, 0.1) is 0 Å². The fourth-order valence-corrected chi connectivity index (χ4v) is 2.69. The third-order valence-electron chi connectivity index (χ3n) is 2.90. The topological polar surface area (TPSA) is 133 Å². The van der Waals surface area contributed by atoms with Gasteiger partial charge in [0.15, 0.2) is 11.5 Å². The first-order valence-electron chi connectivity index (χ1n) is 5.88. The molecule has 0 aliphatic carbocycles. The molecule has 4 N–H and O–H groups in total. The number of ether oxygens (including phenoxy) is 1. The molecular formula is C11H15NO7S. The lowest BCUT2D eigenvalue weighted by Crippen LogP contribution is -2.57. The second kappa shape index (κ2) is 6.20. The molecule has 0 amide bonds. The number of aliphatic hydroxyl groups excluding tert-OH is 4. The molecule has 0 radical (unpaired) electrons. The van der Waals surface area contributed by atoms with Crippen LogP contribution < -0.4 is 0 Å². The molecule has 8 nitrogen and oxygen atoms in total. The zero-order chi connectivity index (χ0) is 14.9. The lowest BCUT2D eigenvalue weighted by molar-refractivity contribution is -0.205. The third kappa shape index (κ3) is 3.03. The smallest absolute Gasteiger partial charge is 0.258 e. The lowest BCUT2D eigenvalue weighted by atomic mass is 10.0. The molecule has 1 aromatic heterocycles. The summed E-state index contributed by atoms with van der Waals surface area (Å²) in [5.41, 5.74) is -0.982. The highest BCUT2D eigenvalue weighted by Crippen LogP contribution is 2.32. The normalized spacial score (nSPS) is 34.1. The van der Waals surface area contributed by atoms with Gasteiger partial charge in [-0.2, -0.15) is 0 Å². The van der Waals surface area contributed by atoms with Crippen molar-refractivity contribution in [3.05, 3.63) is 12.0 Å². The fourth-order valence-electron chi connectivity index (χ4n) is 1.74. The van der Waals surface area contributed by atoms with Gasteiger partial charge in [0.1, 0.15) is 29.9 Å². The summed E-state index contributed by atoms with van der Waals surface area (Å²) in [6.45, 7) is 0.815. The molecule has 0 aromatic carbocycles. The van der Waals surface area contributed by atoms with Gasteiger partial charge >= 0.3 is 0 Å². The molecule has 112 valence electrons. The highest BCUT2D eigenvalue weighted by Gasteiger charge is 2.44. The zero-order valence-corrected chi connectivity index (χ0v) is 11.4. The first kappa shape index (κ1) is 15.4. The SMILES string of the molecule is CC(=O)c1cnc(S[C@@H]2OC(CO)C(O)C(O)C2O)o1. The van der Waals surface area contributed by atoms with Crippen molar-refractivity contribution in [2.75, 3.05) is 6.61 Å². The maximum absolute atomic E-state index is 11.1. The first-order chi connectivity index (χ1) is 9.43. The minimum atomic E-state index is -1.46. The Morgan fingerprint density at radius 1 is 1.35 bits per heavy atom. The summed E-state index contributed by atoms with van der Waals surface area (Å²) < 4.78 is 10.4. The number of nitrogens with zero attached hydrogens (tertiary/aromatic N) is 1. The highest BCUT2D eigenvalue weighted by atomic mass is 32.2. The number of aliphatic hydroxyl groups is 4. The van der Waals surface area contributed by atoms with Crippen LogP contribution in [0.1, 0.15) is 17.5 Å². The molecule has 2 heterocycles. The maximum Gasteiger partial charge on any atom is 0.258 e. The van der Waals surface area contributed by atoms with E-state index in [4.69, 9.17) is 14.3 Å². The predicted molar refractivity (Wildman–Crippen MR) is 66.1 cm³/mol. The van der Waals surface area contributed by atoms with Gasteiger partial charge in [0.25, 0.3) is 5.22 Å². The number of carbonyl (C=O) groups is 1. The van der Waals surface area contributed by atoms with Crippen LogP contribution in [0.25, 0.3) is 0 Å². The summed E-state index contributed by atoms with van der Waals surface area (Å²) in [6.07, 6.45) is -4.00. The van der Waals surface area contributed by atoms with Crippen LogP contribution in [0.4, 0.5) is 0 Å². The molecule has 2 rings (SSSR count). The molecule has 1 fully saturated rings. The van der Waals surface area contributed by atoms with Crippen LogP contribution in [0.5, 0.6) is 0 Å². The summed E-state index contributed by atoms with van der Waals surface area (Å²) in [7, 11) is 0. The van der Waals surface area contributed by atoms with Gasteiger partial charge in [-0.05, 0) is 11.8 Å². The number of rotatable bonds is 4. The number of ketones is 1. The summed E-state index contributed by atoms with van der Waals surface area (Å²) >= 11 is 0.851. The van der Waals surface area contributed by atoms with Crippen LogP contribution in [-0.2, 0) is 4.74 Å². The summed E-state index contributed by atoms with van der Waals surface area (Å²) in [5.74, 6) is -0.227. The van der Waals surface area contributed by atoms with Crippen molar-refractivity contribution in [3.8, 4) is 0 Å². The molecule has 1 aromatic rings. The molecule has 4 unspecified atom stereocenters. The van der Waals surface area contributed by atoms with E-state index in [1.165, 1.54) is 13.1 Å². The highest BCUT2D eigenvalue weighted by molar-refractivity contribution is 7.99. The molecular weight excluding hydrogens is 290 g/mol. The standard InChI is InChI=1S/C11H15NO7S/c1-4(14)5-2-12-11(19-5)20-10-9(17)8(16)7(15)6(3-13)18-10/h2,6-10,13,15-17H,3H2,1H3/t6?,7?,8?,9?,10-/m0/s1. The van der Waals surface area contributed by atoms with Gasteiger partial charge in [0.2, 0.25) is 0 Å². The molecule has 1 aliphatic heterocycles.